The molecule has 0 N–H and O–H groups in total. The molecule has 2 aromatic rings. The average molecular weight is 428 g/mol. The number of methoxy groups -OCH3 is 1. The number of hydrogen-bond acceptors (Lipinski definition) is 9. The minimum atomic E-state index is -0.724. The van der Waals surface area contributed by atoms with Gasteiger partial charge in [-0.25, -0.2) is 0 Å². The number of ketones is 1. The van der Waals surface area contributed by atoms with Gasteiger partial charge in [0.05, 0.1) is 13.5 Å². The van der Waals surface area contributed by atoms with Gasteiger partial charge in [-0.05, 0) is 17.7 Å². The Bertz CT molecular complexity index is 1070. The van der Waals surface area contributed by atoms with Gasteiger partial charge in [-0.2, -0.15) is 0 Å². The average Bonchev–Trinajstić information content (AvgIpc) is 2.65. The van der Waals surface area contributed by atoms with Crippen LogP contribution in [0, 0.1) is 0 Å². The minimum absolute atomic E-state index is 0.0555. The molecule has 1 atom stereocenters. The standard InChI is InChI=1S/C22H20O9/c1-11(23)28-15-8-20(30-13(3)25)22-16(26)10-18(31-21(22)9-15)14-5-6-17(27-4)19(7-14)29-12(2)24/h5-9,18H,10H2,1-4H3/t18-/m0/s1. The molecule has 9 heteroatoms. The summed E-state index contributed by atoms with van der Waals surface area (Å²) in [6, 6.07) is 7.49. The first-order valence-corrected chi connectivity index (χ1v) is 9.29. The van der Waals surface area contributed by atoms with Crippen molar-refractivity contribution in [1.82, 2.24) is 0 Å². The number of carbonyl (C=O) groups is 4. The van der Waals surface area contributed by atoms with Gasteiger partial charge >= 0.3 is 17.9 Å². The van der Waals surface area contributed by atoms with Gasteiger partial charge in [-0.15, -0.1) is 0 Å². The van der Waals surface area contributed by atoms with Gasteiger partial charge in [0.25, 0.3) is 0 Å². The summed E-state index contributed by atoms with van der Waals surface area (Å²) in [5.41, 5.74) is 0.638. The van der Waals surface area contributed by atoms with Gasteiger partial charge in [0.2, 0.25) is 0 Å². The van der Waals surface area contributed by atoms with E-state index < -0.39 is 24.0 Å². The molecule has 0 aromatic heterocycles. The van der Waals surface area contributed by atoms with Gasteiger partial charge in [-0.1, -0.05) is 6.07 Å². The highest BCUT2D eigenvalue weighted by molar-refractivity contribution is 6.03. The summed E-state index contributed by atoms with van der Waals surface area (Å²) in [6.45, 7) is 3.67. The topological polar surface area (TPSA) is 114 Å². The molecule has 3 rings (SSSR count). The Labute approximate surface area is 177 Å². The Balaban J connectivity index is 2.02. The lowest BCUT2D eigenvalue weighted by atomic mass is 9.95. The number of rotatable bonds is 5. The van der Waals surface area contributed by atoms with Crippen LogP contribution in [0.25, 0.3) is 0 Å². The Morgan fingerprint density at radius 1 is 0.871 bits per heavy atom. The Morgan fingerprint density at radius 2 is 1.52 bits per heavy atom. The van der Waals surface area contributed by atoms with Crippen LogP contribution in [-0.4, -0.2) is 30.8 Å². The van der Waals surface area contributed by atoms with Gasteiger partial charge < -0.3 is 23.7 Å². The largest absolute Gasteiger partial charge is 0.493 e. The summed E-state index contributed by atoms with van der Waals surface area (Å²) in [7, 11) is 1.44. The van der Waals surface area contributed by atoms with Crippen molar-refractivity contribution in [1.29, 1.82) is 0 Å². The predicted octanol–water partition coefficient (Wildman–Crippen LogP) is 3.18. The van der Waals surface area contributed by atoms with E-state index >= 15 is 0 Å². The second kappa shape index (κ2) is 8.86. The van der Waals surface area contributed by atoms with E-state index in [-0.39, 0.29) is 40.8 Å². The second-order valence-corrected chi connectivity index (χ2v) is 6.72. The van der Waals surface area contributed by atoms with Crippen molar-refractivity contribution < 1.29 is 42.9 Å². The molecule has 9 nitrogen and oxygen atoms in total. The summed E-state index contributed by atoms with van der Waals surface area (Å²) in [5, 5.41) is 0. The summed E-state index contributed by atoms with van der Waals surface area (Å²) < 4.78 is 26.6. The molecule has 0 saturated heterocycles. The first-order chi connectivity index (χ1) is 14.7. The van der Waals surface area contributed by atoms with E-state index in [2.05, 4.69) is 0 Å². The van der Waals surface area contributed by atoms with Gasteiger partial charge in [0, 0.05) is 32.9 Å². The predicted molar refractivity (Wildman–Crippen MR) is 106 cm³/mol. The van der Waals surface area contributed by atoms with Crippen molar-refractivity contribution >= 4 is 23.7 Å². The van der Waals surface area contributed by atoms with Crippen LogP contribution in [0.2, 0.25) is 0 Å². The molecular formula is C22H20O9. The molecule has 0 aliphatic carbocycles. The van der Waals surface area contributed by atoms with Crippen molar-refractivity contribution in [3.8, 4) is 28.7 Å². The van der Waals surface area contributed by atoms with Crippen LogP contribution in [0.15, 0.2) is 30.3 Å². The number of fused-ring (bicyclic) bond motifs is 1. The fraction of sp³-hybridized carbons (Fsp3) is 0.273. The van der Waals surface area contributed by atoms with Crippen molar-refractivity contribution in [2.24, 2.45) is 0 Å². The van der Waals surface area contributed by atoms with E-state index in [0.717, 1.165) is 0 Å². The number of ether oxygens (including phenoxy) is 5. The lowest BCUT2D eigenvalue weighted by molar-refractivity contribution is -0.133. The number of hydrogen-bond donors (Lipinski definition) is 0. The molecule has 0 spiro atoms. The summed E-state index contributed by atoms with van der Waals surface area (Å²) in [4.78, 5) is 47.1. The molecular weight excluding hydrogens is 408 g/mol. The third-order valence-electron chi connectivity index (χ3n) is 4.29. The molecule has 0 fully saturated rings. The van der Waals surface area contributed by atoms with Crippen molar-refractivity contribution in [3.05, 3.63) is 41.5 Å². The highest BCUT2D eigenvalue weighted by Gasteiger charge is 2.32. The molecule has 0 unspecified atom stereocenters. The van der Waals surface area contributed by atoms with Crippen molar-refractivity contribution in [2.45, 2.75) is 33.3 Å². The van der Waals surface area contributed by atoms with E-state index in [9.17, 15) is 19.2 Å². The fourth-order valence-corrected chi connectivity index (χ4v) is 3.17. The van der Waals surface area contributed by atoms with E-state index in [0.29, 0.717) is 11.3 Å². The zero-order valence-electron chi connectivity index (χ0n) is 17.3. The number of Topliss-reactive ketones (excluding diaryl/α,β-unsaturated/α-hetero) is 1. The van der Waals surface area contributed by atoms with E-state index in [1.165, 1.54) is 40.0 Å². The summed E-state index contributed by atoms with van der Waals surface area (Å²) in [5.74, 6) is -1.46. The van der Waals surface area contributed by atoms with Crippen LogP contribution in [0.5, 0.6) is 28.7 Å². The molecule has 2 aromatic carbocycles. The second-order valence-electron chi connectivity index (χ2n) is 6.72. The fourth-order valence-electron chi connectivity index (χ4n) is 3.17. The molecule has 162 valence electrons. The number of esters is 3. The molecule has 31 heavy (non-hydrogen) atoms. The zero-order chi connectivity index (χ0) is 22.7. The molecule has 0 amide bonds. The molecule has 1 aliphatic heterocycles. The van der Waals surface area contributed by atoms with E-state index in [1.54, 1.807) is 18.2 Å². The van der Waals surface area contributed by atoms with Crippen LogP contribution in [0.3, 0.4) is 0 Å². The van der Waals surface area contributed by atoms with Crippen molar-refractivity contribution in [2.75, 3.05) is 7.11 Å². The quantitative estimate of drug-likeness (QED) is 0.523. The molecule has 0 bridgehead atoms. The van der Waals surface area contributed by atoms with Gasteiger partial charge in [0.1, 0.15) is 28.9 Å². The Hall–Kier alpha value is -3.88. The normalized spacial score (nSPS) is 14.7. The SMILES string of the molecule is COc1ccc([C@@H]2CC(=O)c3c(OC(C)=O)cc(OC(C)=O)cc3O2)cc1OC(C)=O. The number of benzene rings is 2. The first-order valence-electron chi connectivity index (χ1n) is 9.29. The molecule has 0 saturated carbocycles. The number of carbonyl (C=O) groups excluding carboxylic acids is 4. The van der Waals surface area contributed by atoms with Crippen LogP contribution < -0.4 is 23.7 Å². The first kappa shape index (κ1) is 21.8. The monoisotopic (exact) mass is 428 g/mol. The van der Waals surface area contributed by atoms with Crippen LogP contribution in [-0.2, 0) is 14.4 Å². The van der Waals surface area contributed by atoms with Crippen LogP contribution in [0.4, 0.5) is 0 Å². The molecule has 0 radical (unpaired) electrons. The summed E-state index contributed by atoms with van der Waals surface area (Å²) in [6.07, 6.45) is -0.780. The maximum atomic E-state index is 12.9. The Morgan fingerprint density at radius 3 is 2.13 bits per heavy atom. The third kappa shape index (κ3) is 5.00. The Kier molecular flexibility index (Phi) is 6.24. The van der Waals surface area contributed by atoms with Gasteiger partial charge in [0.15, 0.2) is 17.3 Å². The lowest BCUT2D eigenvalue weighted by Crippen LogP contribution is -2.22. The van der Waals surface area contributed by atoms with E-state index in [1.807, 2.05) is 0 Å². The zero-order valence-corrected chi connectivity index (χ0v) is 17.3. The summed E-state index contributed by atoms with van der Waals surface area (Å²) >= 11 is 0. The maximum absolute atomic E-state index is 12.9. The molecule has 1 heterocycles. The van der Waals surface area contributed by atoms with Crippen LogP contribution in [0.1, 0.15) is 49.2 Å². The third-order valence-corrected chi connectivity index (χ3v) is 4.29. The smallest absolute Gasteiger partial charge is 0.308 e. The van der Waals surface area contributed by atoms with E-state index in [4.69, 9.17) is 23.7 Å². The highest BCUT2D eigenvalue weighted by Crippen LogP contribution is 2.43. The maximum Gasteiger partial charge on any atom is 0.308 e. The highest BCUT2D eigenvalue weighted by atomic mass is 16.6. The van der Waals surface area contributed by atoms with Crippen LogP contribution >= 0.6 is 0 Å². The lowest BCUT2D eigenvalue weighted by Gasteiger charge is -2.27. The van der Waals surface area contributed by atoms with Crippen molar-refractivity contribution in [3.63, 3.8) is 0 Å². The van der Waals surface area contributed by atoms with Gasteiger partial charge in [-0.3, -0.25) is 19.2 Å². The molecule has 1 aliphatic rings. The minimum Gasteiger partial charge on any atom is -0.493 e.